The molecule has 3 fully saturated rings. The van der Waals surface area contributed by atoms with Gasteiger partial charge in [0.1, 0.15) is 5.82 Å². The molecule has 438 valence electrons. The molecule has 0 radical (unpaired) electrons. The molecule has 15 rings (SSSR count). The minimum Gasteiger partial charge on any atom is -0.365 e. The Hall–Kier alpha value is -10.7. The summed E-state index contributed by atoms with van der Waals surface area (Å²) in [5.74, 6) is 1.34. The van der Waals surface area contributed by atoms with Crippen molar-refractivity contribution in [3.63, 3.8) is 0 Å². The number of aromatic nitrogens is 12. The zero-order valence-electron chi connectivity index (χ0n) is 47.8. The van der Waals surface area contributed by atoms with Crippen molar-refractivity contribution in [2.24, 2.45) is 21.1 Å². The van der Waals surface area contributed by atoms with E-state index in [2.05, 4.69) is 67.4 Å². The van der Waals surface area contributed by atoms with E-state index < -0.39 is 0 Å². The highest BCUT2D eigenvalue weighted by molar-refractivity contribution is 7.17. The van der Waals surface area contributed by atoms with E-state index in [1.165, 1.54) is 18.7 Å². The number of fused-ring (bicyclic) bond motifs is 6. The van der Waals surface area contributed by atoms with Gasteiger partial charge in [0.15, 0.2) is 34.2 Å². The minimum absolute atomic E-state index is 0.141. The molecule has 0 bridgehead atoms. The summed E-state index contributed by atoms with van der Waals surface area (Å²) in [6, 6.07) is 29.6. The number of hydrogen-bond acceptors (Lipinski definition) is 17. The van der Waals surface area contributed by atoms with E-state index >= 15 is 0 Å². The van der Waals surface area contributed by atoms with Gasteiger partial charge in [0.2, 0.25) is 0 Å². The highest BCUT2D eigenvalue weighted by Crippen LogP contribution is 2.30. The maximum Gasteiger partial charge on any atom is 0.275 e. The van der Waals surface area contributed by atoms with Gasteiger partial charge in [0, 0.05) is 175 Å². The molecule has 24 nitrogen and oxygen atoms in total. The summed E-state index contributed by atoms with van der Waals surface area (Å²) >= 11 is 1.70. The smallest absolute Gasteiger partial charge is 0.275 e. The summed E-state index contributed by atoms with van der Waals surface area (Å²) in [6.07, 6.45) is 14.8. The van der Waals surface area contributed by atoms with Gasteiger partial charge < -0.3 is 38.2 Å². The molecule has 25 heteroatoms. The van der Waals surface area contributed by atoms with Crippen molar-refractivity contribution >= 4 is 100 Å². The first-order chi connectivity index (χ1) is 42.4. The predicted octanol–water partition coefficient (Wildman–Crippen LogP) is 4.99. The number of nitrogens with zero attached hydrogens (tertiary/aromatic N) is 18. The van der Waals surface area contributed by atoms with Crippen molar-refractivity contribution in [3.05, 3.63) is 200 Å². The Kier molecular flexibility index (Phi) is 14.9. The number of rotatable bonds is 6. The van der Waals surface area contributed by atoms with E-state index in [1.807, 2.05) is 75.0 Å². The fourth-order valence-corrected chi connectivity index (χ4v) is 12.4. The summed E-state index contributed by atoms with van der Waals surface area (Å²) < 4.78 is 8.86. The van der Waals surface area contributed by atoms with Crippen LogP contribution < -0.4 is 31.4 Å². The molecular weight excluding hydrogens is 1120 g/mol. The Morgan fingerprint density at radius 1 is 0.379 bits per heavy atom. The number of anilines is 3. The molecule has 0 N–H and O–H groups in total. The maximum absolute atomic E-state index is 13.2. The average molecular weight is 1180 g/mol. The molecule has 9 aromatic heterocycles. The summed E-state index contributed by atoms with van der Waals surface area (Å²) in [4.78, 5) is 106. The molecule has 0 atom stereocenters. The van der Waals surface area contributed by atoms with E-state index in [1.54, 1.807) is 115 Å². The van der Waals surface area contributed by atoms with Crippen LogP contribution in [0.15, 0.2) is 166 Å². The van der Waals surface area contributed by atoms with Gasteiger partial charge >= 0.3 is 0 Å². The number of imidazole rings is 2. The van der Waals surface area contributed by atoms with Gasteiger partial charge in [-0.15, -0.1) is 11.3 Å². The van der Waals surface area contributed by atoms with Gasteiger partial charge in [0.05, 0.1) is 21.8 Å². The monoisotopic (exact) mass is 1180 g/mol. The molecule has 0 spiro atoms. The van der Waals surface area contributed by atoms with Crippen LogP contribution in [0.5, 0.6) is 0 Å². The fourth-order valence-electron chi connectivity index (χ4n) is 11.6. The van der Waals surface area contributed by atoms with Gasteiger partial charge in [-0.05, 0) is 47.8 Å². The van der Waals surface area contributed by atoms with E-state index in [0.29, 0.717) is 128 Å². The number of carbonyl (C=O) groups excluding carboxylic acids is 3. The van der Waals surface area contributed by atoms with E-state index in [9.17, 15) is 28.8 Å². The number of piperazine rings is 3. The quantitative estimate of drug-likeness (QED) is 0.213. The lowest BCUT2D eigenvalue weighted by atomic mass is 10.1. The van der Waals surface area contributed by atoms with E-state index in [0.717, 1.165) is 34.0 Å². The summed E-state index contributed by atoms with van der Waals surface area (Å²) in [5, 5.41) is 19.4. The summed E-state index contributed by atoms with van der Waals surface area (Å²) in [5.41, 5.74) is 3.14. The molecule has 3 aliphatic rings. The molecule has 12 heterocycles. The van der Waals surface area contributed by atoms with Crippen molar-refractivity contribution in [1.82, 2.24) is 72.8 Å². The maximum atomic E-state index is 13.2. The first-order valence-corrected chi connectivity index (χ1v) is 29.3. The fraction of sp³-hybridized carbons (Fsp3) is 0.242. The van der Waals surface area contributed by atoms with Gasteiger partial charge in [-0.3, -0.25) is 28.8 Å². The van der Waals surface area contributed by atoms with Crippen LogP contribution in [0, 0.1) is 0 Å². The lowest BCUT2D eigenvalue weighted by molar-refractivity contribution is 0.0733. The van der Waals surface area contributed by atoms with Gasteiger partial charge in [0.25, 0.3) is 34.4 Å². The van der Waals surface area contributed by atoms with Crippen LogP contribution >= 0.6 is 11.3 Å². The number of aryl methyl sites for hydroxylation is 3. The number of hydrogen-bond donors (Lipinski definition) is 0. The summed E-state index contributed by atoms with van der Waals surface area (Å²) in [7, 11) is 4.73. The number of benzene rings is 3. The summed E-state index contributed by atoms with van der Waals surface area (Å²) in [6.45, 7) is 7.55. The Balaban J connectivity index is 0.000000121. The average Bonchev–Trinajstić information content (AvgIpc) is 2.41. The van der Waals surface area contributed by atoms with Crippen molar-refractivity contribution in [3.8, 4) is 0 Å². The number of carbonyl (C=O) groups is 3. The molecule has 12 aromatic rings. The van der Waals surface area contributed by atoms with E-state index in [4.69, 9.17) is 0 Å². The van der Waals surface area contributed by atoms with Crippen LogP contribution in [0.4, 0.5) is 17.3 Å². The molecule has 3 aliphatic heterocycles. The molecule has 0 unspecified atom stereocenters. The first-order valence-electron chi connectivity index (χ1n) is 28.4. The third-order valence-corrected chi connectivity index (χ3v) is 17.0. The highest BCUT2D eigenvalue weighted by atomic mass is 32.1. The first kappa shape index (κ1) is 55.5. The van der Waals surface area contributed by atoms with Gasteiger partial charge in [-0.25, -0.2) is 34.0 Å². The van der Waals surface area contributed by atoms with Crippen molar-refractivity contribution < 1.29 is 14.4 Å². The highest BCUT2D eigenvalue weighted by Gasteiger charge is 2.30. The molecule has 3 amide bonds. The normalized spacial score (nSPS) is 14.7. The lowest BCUT2D eigenvalue weighted by Crippen LogP contribution is -2.49. The zero-order valence-corrected chi connectivity index (χ0v) is 48.6. The van der Waals surface area contributed by atoms with Crippen LogP contribution in [0.3, 0.4) is 0 Å². The molecular formula is C62H58N18O6S. The van der Waals surface area contributed by atoms with Crippen molar-refractivity contribution in [2.45, 2.75) is 0 Å². The van der Waals surface area contributed by atoms with Crippen LogP contribution in [0.1, 0.15) is 31.5 Å². The molecule has 0 saturated carbocycles. The van der Waals surface area contributed by atoms with Crippen molar-refractivity contribution in [2.75, 3.05) is 93.2 Å². The Labute approximate surface area is 499 Å². The molecule has 3 aromatic carbocycles. The molecule has 0 aliphatic carbocycles. The zero-order chi connectivity index (χ0) is 59.9. The largest absolute Gasteiger partial charge is 0.365 e. The van der Waals surface area contributed by atoms with Crippen molar-refractivity contribution in [1.29, 1.82) is 0 Å². The van der Waals surface area contributed by atoms with Crippen LogP contribution in [-0.2, 0) is 21.1 Å². The minimum atomic E-state index is -0.208. The number of thiophene rings is 1. The Bertz CT molecular complexity index is 4340. The third kappa shape index (κ3) is 10.5. The predicted molar refractivity (Wildman–Crippen MR) is 333 cm³/mol. The van der Waals surface area contributed by atoms with Gasteiger partial charge in [-0.1, -0.05) is 54.6 Å². The topological polar surface area (TPSA) is 236 Å². The number of amides is 3. The second-order valence-corrected chi connectivity index (χ2v) is 22.2. The molecule has 3 saturated heterocycles. The van der Waals surface area contributed by atoms with Crippen LogP contribution in [0.25, 0.3) is 53.7 Å². The SMILES string of the molecule is Cn1nc(C(=O)N2CCN(c3cccn4ccnc34)CC2)c2ccccc2c1=O.Cn1nc(C(=O)N2CCN(c3nccc4sccc34)CC2)c2ccccc2c1=O.Cn1nc(C(=O)N2CCN(c3nccn4ccnc34)CC2)c2ccccc2c1=O. The second kappa shape index (κ2) is 23.4. The molecule has 87 heavy (non-hydrogen) atoms. The van der Waals surface area contributed by atoms with Gasteiger partial charge in [-0.2, -0.15) is 15.3 Å². The Morgan fingerprint density at radius 3 is 1.24 bits per heavy atom. The third-order valence-electron chi connectivity index (χ3n) is 16.2. The standard InChI is InChI=1S/C21H20N6O2.C21H19N5O2S.C20H19N7O2/c1-24-20(28)16-6-3-2-5-15(16)18(23-24)21(29)27-13-11-25(12-14-27)17-7-4-9-26-10-8-22-19(17)26;1-24-20(27)15-5-3-2-4-14(15)18(23-24)21(28)26-11-9-25(10-12-26)19-16-7-13-29-17(16)6-8-22-19;1-24-19(28)15-5-3-2-4-14(15)16(23-24)20(29)27-12-10-26(11-13-27)18-17-21-6-8-25(17)9-7-22-18/h2-10H,11-14H2,1H3;2-8,13H,9-12H2,1H3;2-9H,10-13H2,1H3. The number of pyridine rings is 2. The Morgan fingerprint density at radius 2 is 0.770 bits per heavy atom. The van der Waals surface area contributed by atoms with Crippen LogP contribution in [0.2, 0.25) is 0 Å². The second-order valence-electron chi connectivity index (χ2n) is 21.2. The van der Waals surface area contributed by atoms with Crippen LogP contribution in [-0.4, -0.2) is 169 Å². The lowest BCUT2D eigenvalue weighted by Gasteiger charge is -2.36. The van der Waals surface area contributed by atoms with E-state index in [-0.39, 0.29) is 34.4 Å².